The first-order valence-electron chi connectivity index (χ1n) is 13.1. The fraction of sp³-hybridized carbons (Fsp3) is 0.433. The molecule has 0 spiro atoms. The summed E-state index contributed by atoms with van der Waals surface area (Å²) < 4.78 is 0. The molecule has 6 heteroatoms. The van der Waals surface area contributed by atoms with Crippen LogP contribution in [0.15, 0.2) is 53.0 Å². The maximum absolute atomic E-state index is 13.3. The molecule has 0 aliphatic carbocycles. The van der Waals surface area contributed by atoms with E-state index in [1.54, 1.807) is 0 Å². The largest absolute Gasteiger partial charge is 0.387 e. The lowest BCUT2D eigenvalue weighted by atomic mass is 9.80. The van der Waals surface area contributed by atoms with E-state index in [0.29, 0.717) is 29.3 Å². The molecule has 2 aromatic carbocycles. The summed E-state index contributed by atoms with van der Waals surface area (Å²) in [5.41, 5.74) is 11.4. The molecule has 6 nitrogen and oxygen atoms in total. The third kappa shape index (κ3) is 4.95. The molecule has 2 aromatic rings. The number of nitrogens with two attached hydrogens (primary N) is 1. The zero-order valence-electron chi connectivity index (χ0n) is 21.6. The van der Waals surface area contributed by atoms with Crippen LogP contribution in [0, 0.1) is 11.3 Å². The standard InChI is InChI=1S/C30H36N4O2/c1-30(2,3)25-11-14-34(19-25)28(35)23-8-6-7-20(15-23)21-9-10-22-16-24(18-27(31)32-26(22)17-21)29(36)33-12-4-5-13-33/h6-10,15-17,25H,4-5,11-14,18-19H2,1-3H3,(H2,31,32). The highest BCUT2D eigenvalue weighted by Crippen LogP contribution is 2.35. The Balaban J connectivity index is 1.39. The molecule has 3 heterocycles. The number of aliphatic imine (C=N–C) groups is 1. The number of carbonyl (C=O) groups excluding carboxylic acids is 2. The van der Waals surface area contributed by atoms with Crippen LogP contribution in [0.4, 0.5) is 5.69 Å². The topological polar surface area (TPSA) is 79.0 Å². The third-order valence-corrected chi connectivity index (χ3v) is 7.81. The summed E-state index contributed by atoms with van der Waals surface area (Å²) >= 11 is 0. The van der Waals surface area contributed by atoms with E-state index in [4.69, 9.17) is 5.73 Å². The van der Waals surface area contributed by atoms with Crippen LogP contribution in [0.2, 0.25) is 0 Å². The van der Waals surface area contributed by atoms with Gasteiger partial charge in [0.25, 0.3) is 5.91 Å². The lowest BCUT2D eigenvalue weighted by Gasteiger charge is -2.27. The van der Waals surface area contributed by atoms with Gasteiger partial charge < -0.3 is 15.5 Å². The summed E-state index contributed by atoms with van der Waals surface area (Å²) in [5.74, 6) is 1.11. The van der Waals surface area contributed by atoms with Crippen molar-refractivity contribution >= 4 is 29.4 Å². The van der Waals surface area contributed by atoms with Crippen LogP contribution in [-0.4, -0.2) is 53.6 Å². The molecule has 0 bridgehead atoms. The van der Waals surface area contributed by atoms with Crippen molar-refractivity contribution in [3.8, 4) is 11.1 Å². The van der Waals surface area contributed by atoms with E-state index in [9.17, 15) is 9.59 Å². The second kappa shape index (κ2) is 9.57. The Labute approximate surface area is 213 Å². The van der Waals surface area contributed by atoms with Gasteiger partial charge in [-0.2, -0.15) is 0 Å². The average Bonchev–Trinajstić information content (AvgIpc) is 3.54. The van der Waals surface area contributed by atoms with Crippen molar-refractivity contribution in [1.29, 1.82) is 0 Å². The molecule has 1 atom stereocenters. The number of nitrogens with zero attached hydrogens (tertiary/aromatic N) is 3. The Morgan fingerprint density at radius 3 is 2.42 bits per heavy atom. The van der Waals surface area contributed by atoms with Crippen LogP contribution in [0.25, 0.3) is 17.2 Å². The van der Waals surface area contributed by atoms with Gasteiger partial charge in [0, 0.05) is 49.3 Å². The molecule has 3 aliphatic rings. The lowest BCUT2D eigenvalue weighted by molar-refractivity contribution is -0.126. The first kappa shape index (κ1) is 24.3. The molecule has 1 unspecified atom stereocenters. The van der Waals surface area contributed by atoms with Crippen LogP contribution in [-0.2, 0) is 4.79 Å². The number of hydrogen-bond donors (Lipinski definition) is 1. The predicted molar refractivity (Wildman–Crippen MR) is 145 cm³/mol. The van der Waals surface area contributed by atoms with E-state index in [1.165, 1.54) is 0 Å². The molecule has 3 aliphatic heterocycles. The van der Waals surface area contributed by atoms with Gasteiger partial charge in [-0.1, -0.05) is 45.0 Å². The van der Waals surface area contributed by atoms with Gasteiger partial charge in [0.2, 0.25) is 5.91 Å². The Morgan fingerprint density at radius 1 is 0.944 bits per heavy atom. The SMILES string of the molecule is CC(C)(C)C1CCN(C(=O)c2cccc(-c3ccc4c(c3)N=C(N)CC(C(=O)N3CCCC3)=C4)c2)C1. The van der Waals surface area contributed by atoms with Gasteiger partial charge in [0.05, 0.1) is 5.69 Å². The van der Waals surface area contributed by atoms with Crippen molar-refractivity contribution in [2.24, 2.45) is 22.1 Å². The fourth-order valence-corrected chi connectivity index (χ4v) is 5.50. The summed E-state index contributed by atoms with van der Waals surface area (Å²) in [6, 6.07) is 13.8. The molecule has 188 valence electrons. The third-order valence-electron chi connectivity index (χ3n) is 7.81. The monoisotopic (exact) mass is 484 g/mol. The van der Waals surface area contributed by atoms with Gasteiger partial charge in [-0.25, -0.2) is 4.99 Å². The Hall–Kier alpha value is -3.41. The van der Waals surface area contributed by atoms with Crippen molar-refractivity contribution in [3.63, 3.8) is 0 Å². The number of likely N-dealkylation sites (tertiary alicyclic amines) is 2. The minimum absolute atomic E-state index is 0.0596. The van der Waals surface area contributed by atoms with Gasteiger partial charge >= 0.3 is 0 Å². The van der Waals surface area contributed by atoms with Crippen molar-refractivity contribution in [2.45, 2.75) is 46.5 Å². The zero-order valence-corrected chi connectivity index (χ0v) is 21.6. The maximum atomic E-state index is 13.3. The summed E-state index contributed by atoms with van der Waals surface area (Å²) in [4.78, 5) is 34.8. The predicted octanol–water partition coefficient (Wildman–Crippen LogP) is 5.26. The van der Waals surface area contributed by atoms with Gasteiger partial charge in [-0.05, 0) is 66.0 Å². The van der Waals surface area contributed by atoms with Crippen LogP contribution in [0.5, 0.6) is 0 Å². The molecule has 2 amide bonds. The molecule has 0 saturated carbocycles. The molecule has 36 heavy (non-hydrogen) atoms. The number of rotatable bonds is 3. The molecule has 2 saturated heterocycles. The quantitative estimate of drug-likeness (QED) is 0.645. The Morgan fingerprint density at radius 2 is 1.69 bits per heavy atom. The number of carbonyl (C=O) groups is 2. The average molecular weight is 485 g/mol. The van der Waals surface area contributed by atoms with Gasteiger partial charge in [0.15, 0.2) is 0 Å². The van der Waals surface area contributed by atoms with E-state index >= 15 is 0 Å². The first-order chi connectivity index (χ1) is 17.2. The number of amides is 2. The summed E-state index contributed by atoms with van der Waals surface area (Å²) in [7, 11) is 0. The van der Waals surface area contributed by atoms with Crippen molar-refractivity contribution in [3.05, 3.63) is 59.2 Å². The van der Waals surface area contributed by atoms with Gasteiger partial charge in [-0.15, -0.1) is 0 Å². The fourth-order valence-electron chi connectivity index (χ4n) is 5.50. The Kier molecular flexibility index (Phi) is 6.45. The smallest absolute Gasteiger partial charge is 0.253 e. The highest BCUT2D eigenvalue weighted by atomic mass is 16.2. The van der Waals surface area contributed by atoms with Gasteiger partial charge in [0.1, 0.15) is 5.84 Å². The van der Waals surface area contributed by atoms with E-state index in [1.807, 2.05) is 58.3 Å². The molecule has 2 N–H and O–H groups in total. The molecule has 5 rings (SSSR count). The number of amidine groups is 1. The van der Waals surface area contributed by atoms with Crippen LogP contribution < -0.4 is 5.73 Å². The van der Waals surface area contributed by atoms with Crippen molar-refractivity contribution in [1.82, 2.24) is 9.80 Å². The second-order valence-corrected chi connectivity index (χ2v) is 11.4. The normalized spacial score (nSPS) is 20.0. The van der Waals surface area contributed by atoms with Crippen LogP contribution >= 0.6 is 0 Å². The molecule has 2 fully saturated rings. The minimum Gasteiger partial charge on any atom is -0.387 e. The number of fused-ring (bicyclic) bond motifs is 1. The van der Waals surface area contributed by atoms with E-state index < -0.39 is 0 Å². The number of hydrogen-bond acceptors (Lipinski definition) is 4. The van der Waals surface area contributed by atoms with Crippen LogP contribution in [0.3, 0.4) is 0 Å². The molecular formula is C30H36N4O2. The highest BCUT2D eigenvalue weighted by molar-refractivity contribution is 6.05. The molecule has 0 radical (unpaired) electrons. The zero-order chi connectivity index (χ0) is 25.4. The first-order valence-corrected chi connectivity index (χ1v) is 13.1. The Bertz CT molecular complexity index is 1250. The minimum atomic E-state index is 0.0596. The summed E-state index contributed by atoms with van der Waals surface area (Å²) in [6.07, 6.45) is 5.45. The second-order valence-electron chi connectivity index (χ2n) is 11.4. The summed E-state index contributed by atoms with van der Waals surface area (Å²) in [5, 5.41) is 0. The van der Waals surface area contributed by atoms with Crippen LogP contribution in [0.1, 0.15) is 62.4 Å². The van der Waals surface area contributed by atoms with E-state index in [-0.39, 0.29) is 17.2 Å². The lowest BCUT2D eigenvalue weighted by Crippen LogP contribution is -2.31. The molecule has 0 aromatic heterocycles. The maximum Gasteiger partial charge on any atom is 0.253 e. The number of benzene rings is 2. The van der Waals surface area contributed by atoms with Gasteiger partial charge in [-0.3, -0.25) is 9.59 Å². The van der Waals surface area contributed by atoms with Crippen molar-refractivity contribution < 1.29 is 9.59 Å². The molecular weight excluding hydrogens is 448 g/mol. The van der Waals surface area contributed by atoms with E-state index in [2.05, 4.69) is 25.8 Å². The summed E-state index contributed by atoms with van der Waals surface area (Å²) in [6.45, 7) is 9.98. The van der Waals surface area contributed by atoms with Crippen molar-refractivity contribution in [2.75, 3.05) is 26.2 Å². The highest BCUT2D eigenvalue weighted by Gasteiger charge is 2.34. The van der Waals surface area contributed by atoms with E-state index in [0.717, 1.165) is 67.8 Å².